The molecule has 13 nitrogen and oxygen atoms in total. The van der Waals surface area contributed by atoms with Crippen LogP contribution >= 0.6 is 0 Å². The van der Waals surface area contributed by atoms with Crippen LogP contribution in [0.15, 0.2) is 30.4 Å². The molecule has 214 valence electrons. The lowest BCUT2D eigenvalue weighted by Crippen LogP contribution is -2.65. The minimum Gasteiger partial charge on any atom is -0.493 e. The molecule has 0 amide bonds. The maximum absolute atomic E-state index is 13.5. The Hall–Kier alpha value is -4.14. The quantitative estimate of drug-likeness (QED) is 0.210. The first-order valence-corrected chi connectivity index (χ1v) is 13.3. The van der Waals surface area contributed by atoms with E-state index in [4.69, 9.17) is 4.74 Å². The van der Waals surface area contributed by atoms with E-state index < -0.39 is 43.3 Å². The molecule has 3 aromatic rings. The van der Waals surface area contributed by atoms with E-state index in [1.54, 1.807) is 25.2 Å². The molecule has 4 aliphatic rings. The topological polar surface area (TPSA) is 201 Å². The Labute approximate surface area is 231 Å². The number of aliphatic hydroxyl groups excluding tert-OH is 4. The van der Waals surface area contributed by atoms with Gasteiger partial charge in [-0.15, -0.1) is 0 Å². The number of carbonyl (C=O) groups excluding carboxylic acids is 2. The first-order valence-electron chi connectivity index (χ1n) is 13.3. The van der Waals surface area contributed by atoms with Gasteiger partial charge in [-0.1, -0.05) is 18.2 Å². The molecular formula is C28H28N4O9. The summed E-state index contributed by atoms with van der Waals surface area (Å²) in [6.07, 6.45) is 0.305. The number of allylic oxidation sites excluding steroid dienone is 4. The van der Waals surface area contributed by atoms with Crippen molar-refractivity contribution in [3.8, 4) is 11.8 Å². The number of anilines is 1. The smallest absolute Gasteiger partial charge is 0.222 e. The van der Waals surface area contributed by atoms with Gasteiger partial charge in [-0.25, -0.2) is 0 Å². The molecule has 2 aromatic heterocycles. The summed E-state index contributed by atoms with van der Waals surface area (Å²) < 4.78 is 7.08. The zero-order valence-corrected chi connectivity index (χ0v) is 21.8. The molecule has 0 bridgehead atoms. The Morgan fingerprint density at radius 1 is 1.05 bits per heavy atom. The molecule has 41 heavy (non-hydrogen) atoms. The second-order valence-corrected chi connectivity index (χ2v) is 10.6. The van der Waals surface area contributed by atoms with Crippen LogP contribution in [-0.4, -0.2) is 102 Å². The average molecular weight is 565 g/mol. The zero-order valence-electron chi connectivity index (χ0n) is 21.8. The normalized spacial score (nSPS) is 28.8. The number of aliphatic hydroxyl groups is 4. The second-order valence-electron chi connectivity index (χ2n) is 10.6. The third kappa shape index (κ3) is 3.23. The van der Waals surface area contributed by atoms with Gasteiger partial charge in [0.25, 0.3) is 0 Å². The molecule has 13 heteroatoms. The Morgan fingerprint density at radius 3 is 2.54 bits per heavy atom. The van der Waals surface area contributed by atoms with Crippen molar-refractivity contribution in [1.29, 1.82) is 0 Å². The van der Waals surface area contributed by atoms with Crippen LogP contribution in [0.4, 0.5) is 5.69 Å². The third-order valence-electron chi connectivity index (χ3n) is 8.42. The highest BCUT2D eigenvalue weighted by atomic mass is 16.6. The molecule has 0 saturated carbocycles. The molecule has 6 atom stereocenters. The Morgan fingerprint density at radius 2 is 1.80 bits per heavy atom. The highest BCUT2D eigenvalue weighted by Gasteiger charge is 2.53. The van der Waals surface area contributed by atoms with E-state index >= 15 is 0 Å². The van der Waals surface area contributed by atoms with Crippen LogP contribution in [0.5, 0.6) is 11.8 Å². The molecule has 0 spiro atoms. The van der Waals surface area contributed by atoms with E-state index in [0.29, 0.717) is 40.6 Å². The van der Waals surface area contributed by atoms with E-state index in [1.165, 1.54) is 17.1 Å². The van der Waals surface area contributed by atoms with Gasteiger partial charge in [0.05, 0.1) is 34.3 Å². The van der Waals surface area contributed by atoms with Crippen LogP contribution in [0, 0.1) is 0 Å². The Kier molecular flexibility index (Phi) is 5.62. The van der Waals surface area contributed by atoms with Gasteiger partial charge in [-0.2, -0.15) is 4.68 Å². The number of ether oxygens (including phenoxy) is 1. The fourth-order valence-electron chi connectivity index (χ4n) is 6.69. The van der Waals surface area contributed by atoms with Crippen molar-refractivity contribution < 1.29 is 45.0 Å². The molecule has 8 N–H and O–H groups in total. The number of H-pyrrole nitrogens is 1. The van der Waals surface area contributed by atoms with Crippen LogP contribution in [0.25, 0.3) is 27.2 Å². The van der Waals surface area contributed by atoms with Crippen molar-refractivity contribution in [2.75, 3.05) is 23.5 Å². The molecule has 1 saturated heterocycles. The van der Waals surface area contributed by atoms with Crippen LogP contribution in [0.3, 0.4) is 0 Å². The van der Waals surface area contributed by atoms with Gasteiger partial charge in [0.1, 0.15) is 30.5 Å². The number of fused-ring (bicyclic) bond motifs is 10. The molecule has 0 radical (unpaired) electrons. The van der Waals surface area contributed by atoms with E-state index in [-0.39, 0.29) is 45.5 Å². The van der Waals surface area contributed by atoms with Crippen molar-refractivity contribution in [2.24, 2.45) is 0 Å². The molecule has 7 rings (SSSR count). The second kappa shape index (κ2) is 8.93. The molecule has 1 aromatic carbocycles. The molecular weight excluding hydrogens is 536 g/mol. The number of nitrogens with zero attached hydrogens (tertiary/aromatic N) is 2. The zero-order chi connectivity index (χ0) is 28.9. The SMILES string of the molecule is CCNn1c(O)c2c3c(c4[nH]c5c(c4c2c1O)CC=CC5=O)N(C1OC(CO)C(O)C(O)C1O)C1C(=O)C=CC=C31. The van der Waals surface area contributed by atoms with Crippen LogP contribution in [0.2, 0.25) is 0 Å². The number of aromatic amines is 1. The van der Waals surface area contributed by atoms with Gasteiger partial charge in [0.2, 0.25) is 17.5 Å². The van der Waals surface area contributed by atoms with Gasteiger partial charge in [-0.3, -0.25) is 9.59 Å². The minimum atomic E-state index is -1.72. The summed E-state index contributed by atoms with van der Waals surface area (Å²) in [4.78, 5) is 31.1. The summed E-state index contributed by atoms with van der Waals surface area (Å²) in [6, 6.07) is -1.09. The fraction of sp³-hybridized carbons (Fsp3) is 0.357. The van der Waals surface area contributed by atoms with E-state index in [2.05, 4.69) is 10.4 Å². The first kappa shape index (κ1) is 25.8. The molecule has 2 aliphatic heterocycles. The van der Waals surface area contributed by atoms with Crippen molar-refractivity contribution >= 4 is 44.5 Å². The largest absolute Gasteiger partial charge is 0.493 e. The predicted molar refractivity (Wildman–Crippen MR) is 146 cm³/mol. The number of hydrogen-bond acceptors (Lipinski definition) is 11. The summed E-state index contributed by atoms with van der Waals surface area (Å²) in [5.74, 6) is -1.31. The van der Waals surface area contributed by atoms with E-state index in [9.17, 15) is 40.2 Å². The highest BCUT2D eigenvalue weighted by Crippen LogP contribution is 2.57. The average Bonchev–Trinajstić information content (AvgIpc) is 3.58. The number of benzene rings is 1. The predicted octanol–water partition coefficient (Wildman–Crippen LogP) is -0.0970. The monoisotopic (exact) mass is 564 g/mol. The number of ketones is 2. The number of nitrogens with one attached hydrogen (secondary N) is 2. The van der Waals surface area contributed by atoms with Gasteiger partial charge in [0, 0.05) is 17.5 Å². The van der Waals surface area contributed by atoms with Gasteiger partial charge < -0.3 is 50.7 Å². The lowest BCUT2D eigenvalue weighted by atomic mass is 9.90. The number of aromatic hydroxyl groups is 2. The van der Waals surface area contributed by atoms with Crippen molar-refractivity contribution in [3.05, 3.63) is 47.2 Å². The Bertz CT molecular complexity index is 1750. The molecule has 1 fully saturated rings. The molecule has 6 unspecified atom stereocenters. The maximum Gasteiger partial charge on any atom is 0.222 e. The number of rotatable bonds is 4. The summed E-state index contributed by atoms with van der Waals surface area (Å²) in [5.41, 5.74) is 5.18. The summed E-state index contributed by atoms with van der Waals surface area (Å²) in [7, 11) is 0. The Balaban J connectivity index is 1.62. The van der Waals surface area contributed by atoms with Gasteiger partial charge in [-0.05, 0) is 36.6 Å². The van der Waals surface area contributed by atoms with Crippen LogP contribution < -0.4 is 10.3 Å². The van der Waals surface area contributed by atoms with Crippen molar-refractivity contribution in [3.63, 3.8) is 0 Å². The van der Waals surface area contributed by atoms with E-state index in [0.717, 1.165) is 4.68 Å². The molecule has 4 heterocycles. The number of carbonyl (C=O) groups is 2. The summed E-state index contributed by atoms with van der Waals surface area (Å²) >= 11 is 0. The first-order chi connectivity index (χ1) is 19.7. The van der Waals surface area contributed by atoms with Crippen LogP contribution in [0.1, 0.15) is 28.5 Å². The standard InChI is InChI=1S/C28H28N4O9/c1-2-29-32-26(39)17-15-10-5-3-7-12(34)19(10)30-20(15)22-16(18(17)27(32)40)11-6-4-8-13(35)21(11)31(22)28-25(38)24(37)23(36)14(9-33)41-28/h3-4,6-8,14,21,23-25,28-30,33,36-40H,2,5,9H2,1H3. The molecule has 2 aliphatic carbocycles. The maximum atomic E-state index is 13.5. The number of hydrogen-bond donors (Lipinski definition) is 8. The van der Waals surface area contributed by atoms with Gasteiger partial charge >= 0.3 is 0 Å². The van der Waals surface area contributed by atoms with E-state index in [1.807, 2.05) is 0 Å². The van der Waals surface area contributed by atoms with Crippen molar-refractivity contribution in [1.82, 2.24) is 9.66 Å². The summed E-state index contributed by atoms with van der Waals surface area (Å²) in [5, 5.41) is 65.9. The summed E-state index contributed by atoms with van der Waals surface area (Å²) in [6.45, 7) is 1.47. The lowest BCUT2D eigenvalue weighted by Gasteiger charge is -2.46. The highest BCUT2D eigenvalue weighted by molar-refractivity contribution is 6.29. The van der Waals surface area contributed by atoms with Crippen LogP contribution in [-0.2, 0) is 16.0 Å². The van der Waals surface area contributed by atoms with Crippen molar-refractivity contribution in [2.45, 2.75) is 50.0 Å². The lowest BCUT2D eigenvalue weighted by molar-refractivity contribution is -0.229. The third-order valence-corrected chi connectivity index (χ3v) is 8.42. The fourth-order valence-corrected chi connectivity index (χ4v) is 6.69. The van der Waals surface area contributed by atoms with Gasteiger partial charge in [0.15, 0.2) is 12.0 Å². The number of aromatic nitrogens is 2. The minimum absolute atomic E-state index is 0.209.